The fourth-order valence-electron chi connectivity index (χ4n) is 2.75. The summed E-state index contributed by atoms with van der Waals surface area (Å²) in [5.41, 5.74) is 1.33. The Bertz CT molecular complexity index is 569. The largest absolute Gasteiger partial charge is 0.468 e. The van der Waals surface area contributed by atoms with Gasteiger partial charge < -0.3 is 9.73 Å². The molecule has 2 aromatic heterocycles. The summed E-state index contributed by atoms with van der Waals surface area (Å²) in [6.07, 6.45) is 7.18. The lowest BCUT2D eigenvalue weighted by Crippen LogP contribution is -2.25. The Morgan fingerprint density at radius 1 is 1.19 bits per heavy atom. The van der Waals surface area contributed by atoms with Crippen LogP contribution in [-0.2, 0) is 19.6 Å². The van der Waals surface area contributed by atoms with Gasteiger partial charge in [0.25, 0.3) is 0 Å². The molecular formula is C17H22N2OS. The first-order valence-electron chi connectivity index (χ1n) is 7.93. The van der Waals surface area contributed by atoms with Gasteiger partial charge >= 0.3 is 0 Å². The van der Waals surface area contributed by atoms with Gasteiger partial charge in [-0.25, -0.2) is 0 Å². The highest BCUT2D eigenvalue weighted by molar-refractivity contribution is 7.09. The molecule has 0 aliphatic heterocycles. The van der Waals surface area contributed by atoms with Crippen molar-refractivity contribution in [2.75, 3.05) is 0 Å². The van der Waals surface area contributed by atoms with E-state index in [-0.39, 0.29) is 0 Å². The van der Waals surface area contributed by atoms with E-state index in [1.165, 1.54) is 36.1 Å². The lowest BCUT2D eigenvalue weighted by Gasteiger charge is -2.20. The van der Waals surface area contributed by atoms with Gasteiger partial charge in [0.2, 0.25) is 0 Å². The number of nitrogens with one attached hydrogen (secondary N) is 1. The first kappa shape index (κ1) is 13.6. The van der Waals surface area contributed by atoms with Crippen molar-refractivity contribution < 1.29 is 4.42 Å². The van der Waals surface area contributed by atoms with Crippen molar-refractivity contribution in [2.45, 2.75) is 57.4 Å². The molecule has 2 saturated carbocycles. The fourth-order valence-corrected chi connectivity index (χ4v) is 3.48. The van der Waals surface area contributed by atoms with Crippen molar-refractivity contribution in [3.8, 4) is 0 Å². The van der Waals surface area contributed by atoms with Crippen LogP contribution in [0.3, 0.4) is 0 Å². The Hall–Kier alpha value is -1.10. The highest BCUT2D eigenvalue weighted by Crippen LogP contribution is 2.31. The molecule has 2 aliphatic carbocycles. The zero-order valence-electron chi connectivity index (χ0n) is 12.3. The minimum absolute atomic E-state index is 0.749. The molecule has 2 aromatic rings. The van der Waals surface area contributed by atoms with Crippen molar-refractivity contribution in [2.24, 2.45) is 0 Å². The van der Waals surface area contributed by atoms with Gasteiger partial charge in [-0.15, -0.1) is 11.3 Å². The third-order valence-electron chi connectivity index (χ3n) is 4.35. The minimum Gasteiger partial charge on any atom is -0.468 e. The zero-order chi connectivity index (χ0) is 14.1. The van der Waals surface area contributed by atoms with Crippen LogP contribution in [0.25, 0.3) is 0 Å². The van der Waals surface area contributed by atoms with Gasteiger partial charge in [0, 0.05) is 35.6 Å². The third-order valence-corrected chi connectivity index (χ3v) is 5.21. The average Bonchev–Trinajstić information content (AvgIpc) is 3.41. The molecule has 0 aromatic carbocycles. The molecule has 2 fully saturated rings. The van der Waals surface area contributed by atoms with Gasteiger partial charge in [-0.2, -0.15) is 0 Å². The minimum atomic E-state index is 0.749. The molecule has 0 spiro atoms. The summed E-state index contributed by atoms with van der Waals surface area (Å²) in [5, 5.41) is 5.75. The molecule has 0 amide bonds. The van der Waals surface area contributed by atoms with E-state index in [4.69, 9.17) is 4.42 Å². The molecule has 3 nitrogen and oxygen atoms in total. The number of thiophene rings is 1. The second kappa shape index (κ2) is 5.95. The van der Waals surface area contributed by atoms with Crippen LogP contribution in [0.2, 0.25) is 0 Å². The van der Waals surface area contributed by atoms with Gasteiger partial charge in [-0.05, 0) is 43.2 Å². The van der Waals surface area contributed by atoms with Crippen molar-refractivity contribution in [1.29, 1.82) is 0 Å². The standard InChI is InChI=1S/C17H22N2OS/c1-2-16(21-9-1)11-19(15-5-6-15)12-17-13(7-8-20-17)10-18-14-3-4-14/h1-2,7-9,14-15,18H,3-6,10-12H2. The van der Waals surface area contributed by atoms with E-state index in [1.807, 2.05) is 17.6 Å². The second-order valence-electron chi connectivity index (χ2n) is 6.24. The molecule has 0 atom stereocenters. The van der Waals surface area contributed by atoms with Gasteiger partial charge in [-0.3, -0.25) is 4.90 Å². The third kappa shape index (κ3) is 3.57. The number of furan rings is 1. The monoisotopic (exact) mass is 302 g/mol. The summed E-state index contributed by atoms with van der Waals surface area (Å²) in [4.78, 5) is 4.02. The van der Waals surface area contributed by atoms with Crippen LogP contribution < -0.4 is 5.32 Å². The van der Waals surface area contributed by atoms with Crippen LogP contribution in [0, 0.1) is 0 Å². The highest BCUT2D eigenvalue weighted by atomic mass is 32.1. The van der Waals surface area contributed by atoms with Gasteiger partial charge in [0.15, 0.2) is 0 Å². The molecule has 4 heteroatoms. The van der Waals surface area contributed by atoms with E-state index < -0.39 is 0 Å². The predicted molar refractivity (Wildman–Crippen MR) is 85.2 cm³/mol. The van der Waals surface area contributed by atoms with Crippen LogP contribution in [0.4, 0.5) is 0 Å². The predicted octanol–water partition coefficient (Wildman–Crippen LogP) is 3.76. The molecule has 2 heterocycles. The molecular weight excluding hydrogens is 280 g/mol. The molecule has 112 valence electrons. The average molecular weight is 302 g/mol. The lowest BCUT2D eigenvalue weighted by molar-refractivity contribution is 0.226. The maximum Gasteiger partial charge on any atom is 0.122 e. The summed E-state index contributed by atoms with van der Waals surface area (Å²) in [5.74, 6) is 1.15. The molecule has 0 radical (unpaired) electrons. The number of hydrogen-bond donors (Lipinski definition) is 1. The van der Waals surface area contributed by atoms with Crippen LogP contribution in [0.5, 0.6) is 0 Å². The second-order valence-corrected chi connectivity index (χ2v) is 7.27. The normalized spacial score (nSPS) is 18.5. The van der Waals surface area contributed by atoms with Crippen molar-refractivity contribution in [1.82, 2.24) is 10.2 Å². The van der Waals surface area contributed by atoms with E-state index in [9.17, 15) is 0 Å². The lowest BCUT2D eigenvalue weighted by atomic mass is 10.2. The van der Waals surface area contributed by atoms with E-state index in [2.05, 4.69) is 33.8 Å². The quantitative estimate of drug-likeness (QED) is 0.805. The van der Waals surface area contributed by atoms with E-state index in [1.54, 1.807) is 0 Å². The Balaban J connectivity index is 1.41. The van der Waals surface area contributed by atoms with Gasteiger partial charge in [0.05, 0.1) is 12.8 Å². The summed E-state index contributed by atoms with van der Waals surface area (Å²) < 4.78 is 5.77. The topological polar surface area (TPSA) is 28.4 Å². The smallest absolute Gasteiger partial charge is 0.122 e. The molecule has 0 saturated heterocycles. The van der Waals surface area contributed by atoms with Crippen LogP contribution >= 0.6 is 11.3 Å². The SMILES string of the molecule is c1csc(CN(Cc2occc2CNC2CC2)C2CC2)c1. The van der Waals surface area contributed by atoms with Crippen LogP contribution in [0.15, 0.2) is 34.3 Å². The summed E-state index contributed by atoms with van der Waals surface area (Å²) in [6.45, 7) is 2.95. The van der Waals surface area contributed by atoms with E-state index in [0.717, 1.165) is 37.5 Å². The van der Waals surface area contributed by atoms with Crippen LogP contribution in [0.1, 0.15) is 41.9 Å². The van der Waals surface area contributed by atoms with Gasteiger partial charge in [0.1, 0.15) is 5.76 Å². The van der Waals surface area contributed by atoms with E-state index in [0.29, 0.717) is 0 Å². The maximum absolute atomic E-state index is 5.77. The Labute approximate surface area is 130 Å². The molecule has 0 bridgehead atoms. The van der Waals surface area contributed by atoms with Crippen molar-refractivity contribution in [3.63, 3.8) is 0 Å². The number of rotatable bonds is 8. The number of hydrogen-bond acceptors (Lipinski definition) is 4. The summed E-state index contributed by atoms with van der Waals surface area (Å²) in [7, 11) is 0. The van der Waals surface area contributed by atoms with Crippen molar-refractivity contribution >= 4 is 11.3 Å². The molecule has 0 unspecified atom stereocenters. The summed E-state index contributed by atoms with van der Waals surface area (Å²) in [6, 6.07) is 8.00. The first-order valence-corrected chi connectivity index (χ1v) is 8.81. The van der Waals surface area contributed by atoms with Crippen molar-refractivity contribution in [3.05, 3.63) is 46.0 Å². The number of nitrogens with zero attached hydrogens (tertiary/aromatic N) is 1. The van der Waals surface area contributed by atoms with Crippen LogP contribution in [-0.4, -0.2) is 17.0 Å². The molecule has 21 heavy (non-hydrogen) atoms. The Morgan fingerprint density at radius 3 is 2.81 bits per heavy atom. The molecule has 4 rings (SSSR count). The first-order chi connectivity index (χ1) is 10.4. The molecule has 1 N–H and O–H groups in total. The zero-order valence-corrected chi connectivity index (χ0v) is 13.1. The van der Waals surface area contributed by atoms with E-state index >= 15 is 0 Å². The molecule has 2 aliphatic rings. The van der Waals surface area contributed by atoms with Gasteiger partial charge in [-0.1, -0.05) is 6.07 Å². The Kier molecular flexibility index (Phi) is 3.84. The highest BCUT2D eigenvalue weighted by Gasteiger charge is 2.30. The summed E-state index contributed by atoms with van der Waals surface area (Å²) >= 11 is 1.85. The Morgan fingerprint density at radius 2 is 2.10 bits per heavy atom. The maximum atomic E-state index is 5.77. The fraction of sp³-hybridized carbons (Fsp3) is 0.529.